The lowest BCUT2D eigenvalue weighted by Crippen LogP contribution is -2.25. The number of hydrogen-bond acceptors (Lipinski definition) is 0. The second-order valence-corrected chi connectivity index (χ2v) is 13.1. The molecule has 1 atom stereocenters. The molecule has 0 saturated heterocycles. The Hall–Kier alpha value is -1.30. The summed E-state index contributed by atoms with van der Waals surface area (Å²) in [5, 5.41) is 0. The first-order chi connectivity index (χ1) is 12.9. The third-order valence-corrected chi connectivity index (χ3v) is 5.95. The third kappa shape index (κ3) is 6.34. The van der Waals surface area contributed by atoms with Crippen molar-refractivity contribution in [1.82, 2.24) is 0 Å². The molecule has 2 rings (SSSR count). The van der Waals surface area contributed by atoms with Crippen molar-refractivity contribution in [3.63, 3.8) is 0 Å². The molecule has 1 unspecified atom stereocenters. The van der Waals surface area contributed by atoms with Gasteiger partial charge < -0.3 is 0 Å². The molecule has 2 radical (unpaired) electrons. The van der Waals surface area contributed by atoms with Gasteiger partial charge in [0.15, 0.2) is 0 Å². The van der Waals surface area contributed by atoms with Crippen LogP contribution in [0, 0.1) is 29.2 Å². The molecule has 0 spiro atoms. The van der Waals surface area contributed by atoms with Crippen molar-refractivity contribution >= 4 is 0 Å². The fourth-order valence-electron chi connectivity index (χ4n) is 3.63. The Balaban J connectivity index is 2.49. The molecule has 1 aromatic carbocycles. The van der Waals surface area contributed by atoms with E-state index in [1.807, 2.05) is 0 Å². The molecule has 0 nitrogen and oxygen atoms in total. The van der Waals surface area contributed by atoms with Crippen LogP contribution in [-0.2, 0) is 17.3 Å². The summed E-state index contributed by atoms with van der Waals surface area (Å²) < 4.78 is 0. The first-order valence-electron chi connectivity index (χ1n) is 11.2. The molecular weight excluding hydrogens is 348 g/mol. The van der Waals surface area contributed by atoms with E-state index in [4.69, 9.17) is 0 Å². The summed E-state index contributed by atoms with van der Waals surface area (Å²) in [6.45, 7) is 27.8. The summed E-state index contributed by atoms with van der Waals surface area (Å²) in [4.78, 5) is 0. The molecule has 1 aliphatic carbocycles. The minimum atomic E-state index is 0.102. The van der Waals surface area contributed by atoms with Gasteiger partial charge in [-0.05, 0) is 68.7 Å². The van der Waals surface area contributed by atoms with Crippen LogP contribution in [0.25, 0.3) is 0 Å². The molecule has 0 heterocycles. The SMILES string of the molecule is CC(C)(C)C1=CC(C(C)(C)C)[CH]C(Cc2[c]c(C(C)(C)C)cc(C(C)(C)C)c2)=C1. The lowest BCUT2D eigenvalue weighted by Gasteiger charge is -2.35. The van der Waals surface area contributed by atoms with Gasteiger partial charge in [-0.1, -0.05) is 113 Å². The van der Waals surface area contributed by atoms with Gasteiger partial charge in [0.25, 0.3) is 0 Å². The lowest BCUT2D eigenvalue weighted by molar-refractivity contribution is 0.322. The average Bonchev–Trinajstić information content (AvgIpc) is 2.51. The van der Waals surface area contributed by atoms with Crippen LogP contribution in [0.2, 0.25) is 0 Å². The van der Waals surface area contributed by atoms with Crippen LogP contribution in [0.4, 0.5) is 0 Å². The summed E-state index contributed by atoms with van der Waals surface area (Å²) in [5.41, 5.74) is 7.55. The zero-order valence-electron chi connectivity index (χ0n) is 21.2. The normalized spacial score (nSPS) is 19.1. The van der Waals surface area contributed by atoms with E-state index in [-0.39, 0.29) is 21.7 Å². The fraction of sp³-hybridized carbons (Fsp3) is 0.621. The summed E-state index contributed by atoms with van der Waals surface area (Å²) in [6.07, 6.45) is 8.35. The first kappa shape index (κ1) is 24.0. The van der Waals surface area contributed by atoms with Crippen molar-refractivity contribution < 1.29 is 0 Å². The molecule has 1 aromatic rings. The van der Waals surface area contributed by atoms with E-state index < -0.39 is 0 Å². The minimum absolute atomic E-state index is 0.102. The van der Waals surface area contributed by atoms with Crippen LogP contribution in [0.3, 0.4) is 0 Å². The van der Waals surface area contributed by atoms with E-state index in [2.05, 4.69) is 120 Å². The van der Waals surface area contributed by atoms with Gasteiger partial charge in [0.05, 0.1) is 0 Å². The molecule has 0 fully saturated rings. The van der Waals surface area contributed by atoms with Gasteiger partial charge in [-0.25, -0.2) is 0 Å². The summed E-state index contributed by atoms with van der Waals surface area (Å²) in [7, 11) is 0. The third-order valence-electron chi connectivity index (χ3n) is 5.95. The van der Waals surface area contributed by atoms with Gasteiger partial charge in [-0.2, -0.15) is 0 Å². The molecule has 0 saturated carbocycles. The van der Waals surface area contributed by atoms with Crippen molar-refractivity contribution in [1.29, 1.82) is 0 Å². The van der Waals surface area contributed by atoms with Crippen molar-refractivity contribution in [2.75, 3.05) is 0 Å². The van der Waals surface area contributed by atoms with Crippen LogP contribution >= 0.6 is 0 Å². The predicted octanol–water partition coefficient (Wildman–Crippen LogP) is 8.40. The second-order valence-electron chi connectivity index (χ2n) is 13.1. The Morgan fingerprint density at radius 1 is 0.759 bits per heavy atom. The van der Waals surface area contributed by atoms with Gasteiger partial charge in [0.2, 0.25) is 0 Å². The Kier molecular flexibility index (Phi) is 6.41. The highest BCUT2D eigenvalue weighted by molar-refractivity contribution is 5.44. The highest BCUT2D eigenvalue weighted by Crippen LogP contribution is 2.41. The van der Waals surface area contributed by atoms with Gasteiger partial charge in [-0.3, -0.25) is 0 Å². The predicted molar refractivity (Wildman–Crippen MR) is 129 cm³/mol. The summed E-state index contributed by atoms with van der Waals surface area (Å²) in [5.74, 6) is 0.463. The Labute approximate surface area is 181 Å². The maximum absolute atomic E-state index is 3.77. The Bertz CT molecular complexity index is 754. The molecular formula is C29H44. The lowest BCUT2D eigenvalue weighted by atomic mass is 9.69. The standard InChI is InChI=1S/C29H44/c1-26(2,3)22-14-20(15-23(18-22)27(4,5)6)13-21-16-24(28(7,8)9)19-25(17-21)29(10,11)12/h14-16,18-19,22H,13H2,1-12H3. The van der Waals surface area contributed by atoms with Gasteiger partial charge in [0, 0.05) is 0 Å². The monoisotopic (exact) mass is 392 g/mol. The van der Waals surface area contributed by atoms with Crippen LogP contribution in [0.15, 0.2) is 35.4 Å². The van der Waals surface area contributed by atoms with Crippen LogP contribution < -0.4 is 0 Å². The Morgan fingerprint density at radius 3 is 1.79 bits per heavy atom. The molecule has 0 heteroatoms. The maximum Gasteiger partial charge on any atom is -0.00543 e. The molecule has 0 aromatic heterocycles. The van der Waals surface area contributed by atoms with E-state index in [1.54, 1.807) is 0 Å². The van der Waals surface area contributed by atoms with E-state index in [0.29, 0.717) is 5.92 Å². The highest BCUT2D eigenvalue weighted by Gasteiger charge is 2.30. The average molecular weight is 393 g/mol. The minimum Gasteiger partial charge on any atom is -0.0765 e. The zero-order valence-corrected chi connectivity index (χ0v) is 21.2. The Morgan fingerprint density at radius 2 is 1.34 bits per heavy atom. The first-order valence-corrected chi connectivity index (χ1v) is 11.2. The zero-order chi connectivity index (χ0) is 22.4. The van der Waals surface area contributed by atoms with E-state index >= 15 is 0 Å². The highest BCUT2D eigenvalue weighted by atomic mass is 14.3. The molecule has 0 bridgehead atoms. The number of allylic oxidation sites excluding steroid dienone is 4. The van der Waals surface area contributed by atoms with E-state index in [0.717, 1.165) is 6.42 Å². The molecule has 0 N–H and O–H groups in total. The number of benzene rings is 1. The smallest absolute Gasteiger partial charge is 0.00543 e. The van der Waals surface area contributed by atoms with Crippen molar-refractivity contribution in [2.24, 2.45) is 16.7 Å². The van der Waals surface area contributed by atoms with Crippen LogP contribution in [0.5, 0.6) is 0 Å². The fourth-order valence-corrected chi connectivity index (χ4v) is 3.63. The van der Waals surface area contributed by atoms with E-state index in [9.17, 15) is 0 Å². The summed E-state index contributed by atoms with van der Waals surface area (Å²) >= 11 is 0. The van der Waals surface area contributed by atoms with Gasteiger partial charge >= 0.3 is 0 Å². The van der Waals surface area contributed by atoms with Crippen molar-refractivity contribution in [3.8, 4) is 0 Å². The molecule has 29 heavy (non-hydrogen) atoms. The summed E-state index contributed by atoms with van der Waals surface area (Å²) in [6, 6.07) is 8.51. The number of rotatable bonds is 2. The maximum atomic E-state index is 3.77. The topological polar surface area (TPSA) is 0 Å². The van der Waals surface area contributed by atoms with Crippen LogP contribution in [-0.4, -0.2) is 0 Å². The number of hydrogen-bond donors (Lipinski definition) is 0. The van der Waals surface area contributed by atoms with Crippen molar-refractivity contribution in [3.05, 3.63) is 64.6 Å². The molecule has 160 valence electrons. The molecule has 1 aliphatic rings. The van der Waals surface area contributed by atoms with Crippen molar-refractivity contribution in [2.45, 2.75) is 100 Å². The second kappa shape index (κ2) is 7.75. The van der Waals surface area contributed by atoms with Gasteiger partial charge in [0.1, 0.15) is 0 Å². The van der Waals surface area contributed by atoms with Gasteiger partial charge in [-0.15, -0.1) is 0 Å². The largest absolute Gasteiger partial charge is 0.0765 e. The van der Waals surface area contributed by atoms with Crippen LogP contribution in [0.1, 0.15) is 99.8 Å². The molecule has 0 aliphatic heterocycles. The van der Waals surface area contributed by atoms with E-state index in [1.165, 1.54) is 27.8 Å². The molecule has 0 amide bonds. The quantitative estimate of drug-likeness (QED) is 0.474.